The Bertz CT molecular complexity index is 105. The molecule has 2 unspecified atom stereocenters. The lowest BCUT2D eigenvalue weighted by molar-refractivity contribution is 0.0618. The summed E-state index contributed by atoms with van der Waals surface area (Å²) in [5.41, 5.74) is 2.38. The Hall–Kier alpha value is -0.0800. The first-order chi connectivity index (χ1) is 4.75. The summed E-state index contributed by atoms with van der Waals surface area (Å²) in [5.74, 6) is 1.39. The number of hydroxylamine groups is 1. The van der Waals surface area contributed by atoms with Gasteiger partial charge in [0.1, 0.15) is 0 Å². The van der Waals surface area contributed by atoms with Crippen molar-refractivity contribution in [1.29, 1.82) is 0 Å². The van der Waals surface area contributed by atoms with Gasteiger partial charge in [0.15, 0.2) is 0 Å². The van der Waals surface area contributed by atoms with Crippen LogP contribution in [0, 0.1) is 11.8 Å². The third kappa shape index (κ3) is 1.50. The second kappa shape index (κ2) is 3.35. The first-order valence-corrected chi connectivity index (χ1v) is 4.15. The van der Waals surface area contributed by atoms with Crippen LogP contribution in [0.2, 0.25) is 0 Å². The van der Waals surface area contributed by atoms with Gasteiger partial charge in [-0.1, -0.05) is 26.7 Å². The highest BCUT2D eigenvalue weighted by atomic mass is 16.5. The third-order valence-electron chi connectivity index (χ3n) is 2.87. The number of hydrogen-bond acceptors (Lipinski definition) is 2. The van der Waals surface area contributed by atoms with Crippen LogP contribution in [-0.4, -0.2) is 11.2 Å². The van der Waals surface area contributed by atoms with Gasteiger partial charge >= 0.3 is 0 Å². The molecule has 1 rings (SSSR count). The summed E-state index contributed by atoms with van der Waals surface area (Å²) in [5, 5.41) is 8.73. The lowest BCUT2D eigenvalue weighted by Crippen LogP contribution is -2.38. The zero-order valence-corrected chi connectivity index (χ0v) is 6.80. The third-order valence-corrected chi connectivity index (χ3v) is 2.87. The topological polar surface area (TPSA) is 32.3 Å². The minimum Gasteiger partial charge on any atom is -0.317 e. The van der Waals surface area contributed by atoms with Crippen LogP contribution in [0.4, 0.5) is 0 Å². The maximum atomic E-state index is 8.73. The van der Waals surface area contributed by atoms with Crippen molar-refractivity contribution < 1.29 is 5.21 Å². The van der Waals surface area contributed by atoms with Crippen molar-refractivity contribution in [3.63, 3.8) is 0 Å². The van der Waals surface area contributed by atoms with Crippen molar-refractivity contribution in [2.75, 3.05) is 0 Å². The smallest absolute Gasteiger partial charge is 0.0347 e. The quantitative estimate of drug-likeness (QED) is 0.548. The van der Waals surface area contributed by atoms with Crippen molar-refractivity contribution in [1.82, 2.24) is 5.48 Å². The molecule has 0 aromatic carbocycles. The molecule has 3 atom stereocenters. The Morgan fingerprint density at radius 1 is 1.30 bits per heavy atom. The highest BCUT2D eigenvalue weighted by Crippen LogP contribution is 2.28. The van der Waals surface area contributed by atoms with Crippen molar-refractivity contribution >= 4 is 0 Å². The fraction of sp³-hybridized carbons (Fsp3) is 1.00. The molecule has 10 heavy (non-hydrogen) atoms. The van der Waals surface area contributed by atoms with Crippen LogP contribution in [0.3, 0.4) is 0 Å². The van der Waals surface area contributed by atoms with E-state index in [-0.39, 0.29) is 0 Å². The van der Waals surface area contributed by atoms with E-state index in [2.05, 4.69) is 19.3 Å². The van der Waals surface area contributed by atoms with Crippen LogP contribution in [0.25, 0.3) is 0 Å². The Labute approximate surface area is 62.6 Å². The molecular weight excluding hydrogens is 126 g/mol. The van der Waals surface area contributed by atoms with Gasteiger partial charge in [-0.25, -0.2) is 5.48 Å². The zero-order chi connectivity index (χ0) is 7.56. The van der Waals surface area contributed by atoms with E-state index in [1.807, 2.05) is 0 Å². The van der Waals surface area contributed by atoms with E-state index in [4.69, 9.17) is 5.21 Å². The van der Waals surface area contributed by atoms with Crippen molar-refractivity contribution in [3.8, 4) is 0 Å². The van der Waals surface area contributed by atoms with Gasteiger partial charge in [-0.15, -0.1) is 0 Å². The minimum absolute atomic E-state index is 0.337. The Kier molecular flexibility index (Phi) is 2.69. The predicted octanol–water partition coefficient (Wildman–Crippen LogP) is 1.79. The first kappa shape index (κ1) is 8.02. The maximum Gasteiger partial charge on any atom is 0.0347 e. The molecule has 1 aliphatic carbocycles. The fourth-order valence-electron chi connectivity index (χ4n) is 1.76. The van der Waals surface area contributed by atoms with Gasteiger partial charge in [0, 0.05) is 6.04 Å². The molecule has 0 amide bonds. The standard InChI is InChI=1S/C8H17NO/c1-6-4-3-5-8(9-10)7(6)2/h6-10H,3-5H2,1-2H3/t6?,7?,8-/m1/s1. The van der Waals surface area contributed by atoms with Gasteiger partial charge in [-0.3, -0.25) is 0 Å². The molecule has 2 nitrogen and oxygen atoms in total. The summed E-state index contributed by atoms with van der Waals surface area (Å²) in [7, 11) is 0. The van der Waals surface area contributed by atoms with E-state index in [1.54, 1.807) is 0 Å². The van der Waals surface area contributed by atoms with Crippen LogP contribution in [0.15, 0.2) is 0 Å². The molecule has 0 aromatic rings. The molecule has 0 aromatic heterocycles. The lowest BCUT2D eigenvalue weighted by atomic mass is 9.78. The lowest BCUT2D eigenvalue weighted by Gasteiger charge is -2.32. The van der Waals surface area contributed by atoms with Crippen molar-refractivity contribution in [2.24, 2.45) is 11.8 Å². The molecule has 0 bridgehead atoms. The van der Waals surface area contributed by atoms with Crippen LogP contribution in [-0.2, 0) is 0 Å². The van der Waals surface area contributed by atoms with E-state index >= 15 is 0 Å². The van der Waals surface area contributed by atoms with Crippen LogP contribution < -0.4 is 5.48 Å². The maximum absolute atomic E-state index is 8.73. The normalized spacial score (nSPS) is 41.7. The molecule has 2 N–H and O–H groups in total. The van der Waals surface area contributed by atoms with E-state index in [1.165, 1.54) is 12.8 Å². The molecule has 0 saturated heterocycles. The molecule has 1 saturated carbocycles. The molecule has 0 radical (unpaired) electrons. The number of hydrogen-bond donors (Lipinski definition) is 2. The van der Waals surface area contributed by atoms with E-state index < -0.39 is 0 Å². The van der Waals surface area contributed by atoms with Gasteiger partial charge in [0.25, 0.3) is 0 Å². The number of nitrogens with one attached hydrogen (secondary N) is 1. The average Bonchev–Trinajstić information content (AvgIpc) is 1.95. The minimum atomic E-state index is 0.337. The molecule has 0 heterocycles. The van der Waals surface area contributed by atoms with Gasteiger partial charge in [0.2, 0.25) is 0 Å². The summed E-state index contributed by atoms with van der Waals surface area (Å²) in [6.07, 6.45) is 3.70. The highest BCUT2D eigenvalue weighted by Gasteiger charge is 2.25. The van der Waals surface area contributed by atoms with Crippen LogP contribution in [0.1, 0.15) is 33.1 Å². The zero-order valence-electron chi connectivity index (χ0n) is 6.80. The van der Waals surface area contributed by atoms with Crippen molar-refractivity contribution in [3.05, 3.63) is 0 Å². The molecule has 1 fully saturated rings. The van der Waals surface area contributed by atoms with Gasteiger partial charge in [-0.05, 0) is 18.3 Å². The van der Waals surface area contributed by atoms with Gasteiger partial charge in [-0.2, -0.15) is 0 Å². The Morgan fingerprint density at radius 3 is 2.50 bits per heavy atom. The first-order valence-electron chi connectivity index (χ1n) is 4.15. The fourth-order valence-corrected chi connectivity index (χ4v) is 1.76. The molecule has 60 valence electrons. The molecule has 2 heteroatoms. The average molecular weight is 143 g/mol. The summed E-state index contributed by atoms with van der Waals surface area (Å²) >= 11 is 0. The number of rotatable bonds is 1. The second-order valence-electron chi connectivity index (χ2n) is 3.50. The van der Waals surface area contributed by atoms with Gasteiger partial charge < -0.3 is 5.21 Å². The second-order valence-corrected chi connectivity index (χ2v) is 3.50. The summed E-state index contributed by atoms with van der Waals surface area (Å²) in [6, 6.07) is 0.337. The monoisotopic (exact) mass is 143 g/mol. The van der Waals surface area contributed by atoms with E-state index in [9.17, 15) is 0 Å². The van der Waals surface area contributed by atoms with Crippen LogP contribution in [0.5, 0.6) is 0 Å². The SMILES string of the molecule is CC1CCC[C@@H](NO)C1C. The highest BCUT2D eigenvalue weighted by molar-refractivity contribution is 4.79. The summed E-state index contributed by atoms with van der Waals surface area (Å²) in [6.45, 7) is 4.46. The molecule has 1 aliphatic rings. The van der Waals surface area contributed by atoms with Crippen molar-refractivity contribution in [2.45, 2.75) is 39.2 Å². The molecule has 0 aliphatic heterocycles. The molecular formula is C8H17NO. The van der Waals surface area contributed by atoms with E-state index in [0.717, 1.165) is 12.3 Å². The summed E-state index contributed by atoms with van der Waals surface area (Å²) in [4.78, 5) is 0. The largest absolute Gasteiger partial charge is 0.317 e. The predicted molar refractivity (Wildman–Crippen MR) is 40.9 cm³/mol. The van der Waals surface area contributed by atoms with E-state index in [0.29, 0.717) is 12.0 Å². The Morgan fingerprint density at radius 2 is 2.00 bits per heavy atom. The summed E-state index contributed by atoms with van der Waals surface area (Å²) < 4.78 is 0. The van der Waals surface area contributed by atoms with Gasteiger partial charge in [0.05, 0.1) is 0 Å². The Balaban J connectivity index is 2.42. The molecule has 0 spiro atoms. The van der Waals surface area contributed by atoms with Crippen LogP contribution >= 0.6 is 0 Å².